The molecule has 1 aliphatic rings. The summed E-state index contributed by atoms with van der Waals surface area (Å²) in [5.41, 5.74) is -0.534. The lowest BCUT2D eigenvalue weighted by Gasteiger charge is -2.31. The smallest absolute Gasteiger partial charge is 0.244 e. The van der Waals surface area contributed by atoms with Crippen LogP contribution in [0.1, 0.15) is 20.3 Å². The van der Waals surface area contributed by atoms with Gasteiger partial charge in [-0.25, -0.2) is 0 Å². The number of nitrogens with zero attached hydrogens (tertiary/aromatic N) is 1. The molecule has 1 fully saturated rings. The SMILES string of the molecule is CC1(C)CC(=O)NC(=O)C1C#N. The van der Waals surface area contributed by atoms with Crippen molar-refractivity contribution in [3.8, 4) is 6.07 Å². The Kier molecular flexibility index (Phi) is 1.89. The largest absolute Gasteiger partial charge is 0.295 e. The lowest BCUT2D eigenvalue weighted by atomic mass is 9.74. The van der Waals surface area contributed by atoms with E-state index in [4.69, 9.17) is 5.26 Å². The molecule has 1 saturated heterocycles. The van der Waals surface area contributed by atoms with E-state index in [9.17, 15) is 9.59 Å². The third-order valence-corrected chi connectivity index (χ3v) is 2.05. The minimum Gasteiger partial charge on any atom is -0.295 e. The Balaban J connectivity index is 2.94. The van der Waals surface area contributed by atoms with Gasteiger partial charge in [-0.15, -0.1) is 0 Å². The fraction of sp³-hybridized carbons (Fsp3) is 0.625. The quantitative estimate of drug-likeness (QED) is 0.522. The summed E-state index contributed by atoms with van der Waals surface area (Å²) in [4.78, 5) is 22.0. The Hall–Kier alpha value is -1.37. The highest BCUT2D eigenvalue weighted by Gasteiger charge is 2.41. The standard InChI is InChI=1S/C8H10N2O2/c1-8(2)3-6(11)10-7(12)5(8)4-9/h5H,3H2,1-2H3,(H,10,11,12). The lowest BCUT2D eigenvalue weighted by Crippen LogP contribution is -2.49. The Labute approximate surface area is 70.6 Å². The predicted molar refractivity (Wildman–Crippen MR) is 40.7 cm³/mol. The average molecular weight is 166 g/mol. The van der Waals surface area contributed by atoms with Crippen LogP contribution in [0.25, 0.3) is 0 Å². The molecule has 0 aromatic carbocycles. The molecule has 1 atom stereocenters. The monoisotopic (exact) mass is 166 g/mol. The van der Waals surface area contributed by atoms with Crippen LogP contribution >= 0.6 is 0 Å². The fourth-order valence-electron chi connectivity index (χ4n) is 1.36. The third kappa shape index (κ3) is 1.30. The van der Waals surface area contributed by atoms with E-state index in [-0.39, 0.29) is 12.3 Å². The normalized spacial score (nSPS) is 27.6. The van der Waals surface area contributed by atoms with Crippen molar-refractivity contribution in [3.05, 3.63) is 0 Å². The van der Waals surface area contributed by atoms with Gasteiger partial charge in [0.15, 0.2) is 0 Å². The van der Waals surface area contributed by atoms with E-state index in [1.807, 2.05) is 6.07 Å². The maximum atomic E-state index is 11.1. The van der Waals surface area contributed by atoms with E-state index in [1.54, 1.807) is 13.8 Å². The summed E-state index contributed by atoms with van der Waals surface area (Å²) in [7, 11) is 0. The van der Waals surface area contributed by atoms with Crippen LogP contribution in [-0.2, 0) is 9.59 Å². The minimum absolute atomic E-state index is 0.233. The summed E-state index contributed by atoms with van der Waals surface area (Å²) in [5.74, 6) is -1.48. The van der Waals surface area contributed by atoms with Gasteiger partial charge < -0.3 is 0 Å². The number of rotatable bonds is 0. The fourth-order valence-corrected chi connectivity index (χ4v) is 1.36. The zero-order valence-electron chi connectivity index (χ0n) is 7.05. The van der Waals surface area contributed by atoms with Gasteiger partial charge in [-0.05, 0) is 5.41 Å². The van der Waals surface area contributed by atoms with E-state index in [0.29, 0.717) is 0 Å². The maximum absolute atomic E-state index is 11.1. The van der Waals surface area contributed by atoms with E-state index < -0.39 is 17.2 Å². The van der Waals surface area contributed by atoms with Crippen molar-refractivity contribution in [1.29, 1.82) is 5.26 Å². The second kappa shape index (κ2) is 2.59. The molecule has 1 heterocycles. The zero-order valence-corrected chi connectivity index (χ0v) is 7.05. The van der Waals surface area contributed by atoms with Crippen molar-refractivity contribution in [2.45, 2.75) is 20.3 Å². The first-order chi connectivity index (χ1) is 5.47. The van der Waals surface area contributed by atoms with Crippen molar-refractivity contribution in [1.82, 2.24) is 5.32 Å². The van der Waals surface area contributed by atoms with Crippen molar-refractivity contribution < 1.29 is 9.59 Å². The molecule has 0 bridgehead atoms. The molecule has 1 unspecified atom stereocenters. The van der Waals surface area contributed by atoms with E-state index in [1.165, 1.54) is 0 Å². The van der Waals surface area contributed by atoms with Gasteiger partial charge >= 0.3 is 0 Å². The summed E-state index contributed by atoms with van der Waals surface area (Å²) < 4.78 is 0. The van der Waals surface area contributed by atoms with E-state index in [0.717, 1.165) is 0 Å². The Morgan fingerprint density at radius 3 is 2.58 bits per heavy atom. The molecule has 0 radical (unpaired) electrons. The van der Waals surface area contributed by atoms with E-state index >= 15 is 0 Å². The minimum atomic E-state index is -0.713. The van der Waals surface area contributed by atoms with Gasteiger partial charge in [0.25, 0.3) is 0 Å². The molecular weight excluding hydrogens is 156 g/mol. The van der Waals surface area contributed by atoms with Gasteiger partial charge in [0.1, 0.15) is 5.92 Å². The molecule has 0 aliphatic carbocycles. The molecule has 0 saturated carbocycles. The van der Waals surface area contributed by atoms with Gasteiger partial charge in [-0.2, -0.15) is 5.26 Å². The third-order valence-electron chi connectivity index (χ3n) is 2.05. The van der Waals surface area contributed by atoms with E-state index in [2.05, 4.69) is 5.32 Å². The van der Waals surface area contributed by atoms with Crippen LogP contribution in [0.3, 0.4) is 0 Å². The highest BCUT2D eigenvalue weighted by atomic mass is 16.2. The Morgan fingerprint density at radius 1 is 1.58 bits per heavy atom. The predicted octanol–water partition coefficient (Wildman–Crippen LogP) is 0.199. The Bertz CT molecular complexity index is 275. The van der Waals surface area contributed by atoms with Crippen LogP contribution < -0.4 is 5.32 Å². The summed E-state index contributed by atoms with van der Waals surface area (Å²) in [6.45, 7) is 3.50. The summed E-state index contributed by atoms with van der Waals surface area (Å²) in [6.07, 6.45) is 0.233. The molecule has 4 heteroatoms. The molecule has 1 N–H and O–H groups in total. The van der Waals surface area contributed by atoms with Crippen LogP contribution in [0.15, 0.2) is 0 Å². The number of carbonyl (C=O) groups excluding carboxylic acids is 2. The van der Waals surface area contributed by atoms with Crippen LogP contribution in [0.4, 0.5) is 0 Å². The average Bonchev–Trinajstić information content (AvgIpc) is 1.82. The first-order valence-corrected chi connectivity index (χ1v) is 3.70. The lowest BCUT2D eigenvalue weighted by molar-refractivity contribution is -0.139. The highest BCUT2D eigenvalue weighted by Crippen LogP contribution is 2.33. The molecule has 0 aromatic heterocycles. The maximum Gasteiger partial charge on any atom is 0.244 e. The van der Waals surface area contributed by atoms with Gasteiger partial charge in [0.2, 0.25) is 11.8 Å². The molecule has 1 rings (SSSR count). The second-order valence-electron chi connectivity index (χ2n) is 3.64. The number of hydrogen-bond acceptors (Lipinski definition) is 3. The first kappa shape index (κ1) is 8.72. The molecular formula is C8H10N2O2. The van der Waals surface area contributed by atoms with Crippen LogP contribution in [0.5, 0.6) is 0 Å². The molecule has 1 aliphatic heterocycles. The topological polar surface area (TPSA) is 70.0 Å². The van der Waals surface area contributed by atoms with Gasteiger partial charge in [0.05, 0.1) is 6.07 Å². The molecule has 0 aromatic rings. The number of piperidine rings is 1. The number of carbonyl (C=O) groups is 2. The van der Waals surface area contributed by atoms with Crippen molar-refractivity contribution in [3.63, 3.8) is 0 Å². The number of imide groups is 1. The summed E-state index contributed by atoms with van der Waals surface area (Å²) in [5, 5.41) is 10.8. The van der Waals surface area contributed by atoms with Crippen molar-refractivity contribution >= 4 is 11.8 Å². The highest BCUT2D eigenvalue weighted by molar-refractivity contribution is 6.00. The van der Waals surface area contributed by atoms with Gasteiger partial charge in [0, 0.05) is 6.42 Å². The van der Waals surface area contributed by atoms with Gasteiger partial charge in [-0.1, -0.05) is 13.8 Å². The van der Waals surface area contributed by atoms with Crippen molar-refractivity contribution in [2.24, 2.45) is 11.3 Å². The number of nitrogens with one attached hydrogen (secondary N) is 1. The van der Waals surface area contributed by atoms with Crippen LogP contribution in [-0.4, -0.2) is 11.8 Å². The first-order valence-electron chi connectivity index (χ1n) is 3.70. The number of nitriles is 1. The zero-order chi connectivity index (χ0) is 9.35. The number of hydrogen-bond donors (Lipinski definition) is 1. The molecule has 0 spiro atoms. The van der Waals surface area contributed by atoms with Gasteiger partial charge in [-0.3, -0.25) is 14.9 Å². The molecule has 64 valence electrons. The number of amides is 2. The second-order valence-corrected chi connectivity index (χ2v) is 3.64. The Morgan fingerprint density at radius 2 is 2.17 bits per heavy atom. The van der Waals surface area contributed by atoms with Crippen LogP contribution in [0.2, 0.25) is 0 Å². The van der Waals surface area contributed by atoms with Crippen molar-refractivity contribution in [2.75, 3.05) is 0 Å². The summed E-state index contributed by atoms with van der Waals surface area (Å²) in [6, 6.07) is 1.90. The molecule has 12 heavy (non-hydrogen) atoms. The molecule has 2 amide bonds. The summed E-state index contributed by atoms with van der Waals surface area (Å²) >= 11 is 0. The van der Waals surface area contributed by atoms with Crippen LogP contribution in [0, 0.1) is 22.7 Å². The molecule has 4 nitrogen and oxygen atoms in total.